The molecule has 42 heavy (non-hydrogen) atoms. The van der Waals surface area contributed by atoms with Crippen LogP contribution >= 0.6 is 0 Å². The molecule has 2 nitrogen and oxygen atoms in total. The minimum Gasteiger partial charge on any atom is -0.365 e. The highest BCUT2D eigenvalue weighted by Crippen LogP contribution is 2.44. The van der Waals surface area contributed by atoms with Crippen molar-refractivity contribution in [2.75, 3.05) is 0 Å². The van der Waals surface area contributed by atoms with Gasteiger partial charge in [-0.05, 0) is 82.8 Å². The molecule has 2 rings (SSSR count). The quantitative estimate of drug-likeness (QED) is 0.203. The molecule has 2 heteroatoms. The third-order valence-electron chi connectivity index (χ3n) is 8.30. The second-order valence-corrected chi connectivity index (χ2v) is 13.8. The van der Waals surface area contributed by atoms with E-state index in [1.54, 1.807) is 0 Å². The van der Waals surface area contributed by atoms with Crippen molar-refractivity contribution in [2.45, 2.75) is 107 Å². The number of aliphatic hydroxyl groups is 2. The Morgan fingerprint density at radius 1 is 0.595 bits per heavy atom. The molecule has 2 aliphatic rings. The van der Waals surface area contributed by atoms with Crippen LogP contribution in [0.1, 0.15) is 101 Å². The summed E-state index contributed by atoms with van der Waals surface area (Å²) in [4.78, 5) is 0. The number of rotatable bonds is 10. The molecule has 0 saturated carbocycles. The largest absolute Gasteiger partial charge is 0.365 e. The molecule has 0 spiro atoms. The number of hydrogen-bond donors (Lipinski definition) is 2. The summed E-state index contributed by atoms with van der Waals surface area (Å²) >= 11 is 0. The lowest BCUT2D eigenvalue weighted by atomic mass is 9.70. The minimum absolute atomic E-state index is 0.275. The van der Waals surface area contributed by atoms with E-state index in [9.17, 15) is 10.2 Å². The van der Waals surface area contributed by atoms with Crippen LogP contribution in [0.15, 0.2) is 130 Å². The molecule has 0 saturated heterocycles. The smallest absolute Gasteiger partial charge is 0.167 e. The minimum atomic E-state index is -1.61. The van der Waals surface area contributed by atoms with Crippen molar-refractivity contribution in [2.24, 2.45) is 10.8 Å². The van der Waals surface area contributed by atoms with E-state index >= 15 is 0 Å². The highest BCUT2D eigenvalue weighted by atomic mass is 16.5. The van der Waals surface area contributed by atoms with Gasteiger partial charge in [-0.1, -0.05) is 146 Å². The summed E-state index contributed by atoms with van der Waals surface area (Å²) < 4.78 is 0. The van der Waals surface area contributed by atoms with E-state index in [0.717, 1.165) is 11.1 Å². The lowest BCUT2D eigenvalue weighted by Crippen LogP contribution is -2.39. The van der Waals surface area contributed by atoms with Crippen LogP contribution in [0, 0.1) is 10.8 Å². The molecule has 0 bridgehead atoms. The zero-order chi connectivity index (χ0) is 31.6. The fourth-order valence-electron chi connectivity index (χ4n) is 6.11. The predicted molar refractivity (Wildman–Crippen MR) is 184 cm³/mol. The molecular formula is C40H56O2. The van der Waals surface area contributed by atoms with Gasteiger partial charge >= 0.3 is 0 Å². The molecular weight excluding hydrogens is 512 g/mol. The van der Waals surface area contributed by atoms with Crippen molar-refractivity contribution in [3.8, 4) is 0 Å². The van der Waals surface area contributed by atoms with Crippen LogP contribution in [0.3, 0.4) is 0 Å². The molecule has 228 valence electrons. The van der Waals surface area contributed by atoms with Gasteiger partial charge in [0.15, 0.2) is 5.79 Å². The van der Waals surface area contributed by atoms with Gasteiger partial charge in [-0.3, -0.25) is 0 Å². The zero-order valence-electron chi connectivity index (χ0n) is 28.0. The molecule has 2 aliphatic carbocycles. The lowest BCUT2D eigenvalue weighted by molar-refractivity contribution is -0.181. The Balaban J connectivity index is 1.91. The van der Waals surface area contributed by atoms with Gasteiger partial charge in [0.05, 0.1) is 0 Å². The Labute approximate surface area is 257 Å². The third-order valence-corrected chi connectivity index (χ3v) is 8.30. The normalized spacial score (nSPS) is 22.8. The second kappa shape index (κ2) is 15.5. The Hall–Kier alpha value is -2.94. The van der Waals surface area contributed by atoms with Crippen LogP contribution in [0.5, 0.6) is 0 Å². The fraction of sp³-hybridized carbons (Fsp3) is 0.450. The monoisotopic (exact) mass is 568 g/mol. The summed E-state index contributed by atoms with van der Waals surface area (Å²) in [6.07, 6.45) is 34.3. The molecule has 0 aromatic carbocycles. The zero-order valence-corrected chi connectivity index (χ0v) is 28.0. The first-order valence-electron chi connectivity index (χ1n) is 15.5. The van der Waals surface area contributed by atoms with Crippen molar-refractivity contribution in [1.29, 1.82) is 0 Å². The SMILES string of the molecule is CC1=C(/C=C/C(C)=C/C=C/C(C)=C/C=C/C=C(C)/C=C/C=C(C)/C=C/C2=C(C)CC(O)(O)CC2(C)C)C(C)(C)CCC1. The molecule has 0 unspecified atom stereocenters. The van der Waals surface area contributed by atoms with E-state index in [-0.39, 0.29) is 10.8 Å². The molecule has 0 amide bonds. The van der Waals surface area contributed by atoms with Crippen molar-refractivity contribution >= 4 is 0 Å². The second-order valence-electron chi connectivity index (χ2n) is 13.8. The van der Waals surface area contributed by atoms with Gasteiger partial charge < -0.3 is 10.2 Å². The molecule has 0 atom stereocenters. The van der Waals surface area contributed by atoms with Gasteiger partial charge in [0, 0.05) is 12.8 Å². The molecule has 0 aliphatic heterocycles. The van der Waals surface area contributed by atoms with Crippen LogP contribution in [0.4, 0.5) is 0 Å². The van der Waals surface area contributed by atoms with E-state index in [1.165, 1.54) is 52.7 Å². The van der Waals surface area contributed by atoms with Gasteiger partial charge in [0.25, 0.3) is 0 Å². The van der Waals surface area contributed by atoms with Gasteiger partial charge in [-0.25, -0.2) is 0 Å². The molecule has 0 aromatic rings. The van der Waals surface area contributed by atoms with Crippen molar-refractivity contribution in [3.05, 3.63) is 130 Å². The summed E-state index contributed by atoms with van der Waals surface area (Å²) in [7, 11) is 0. The van der Waals surface area contributed by atoms with Gasteiger partial charge in [-0.2, -0.15) is 0 Å². The van der Waals surface area contributed by atoms with Crippen LogP contribution in [-0.4, -0.2) is 16.0 Å². The summed E-state index contributed by atoms with van der Waals surface area (Å²) in [5.74, 6) is -1.61. The topological polar surface area (TPSA) is 40.5 Å². The summed E-state index contributed by atoms with van der Waals surface area (Å²) in [6, 6.07) is 0. The highest BCUT2D eigenvalue weighted by Gasteiger charge is 2.39. The van der Waals surface area contributed by atoms with Crippen LogP contribution in [0.25, 0.3) is 0 Å². The van der Waals surface area contributed by atoms with Crippen molar-refractivity contribution < 1.29 is 10.2 Å². The van der Waals surface area contributed by atoms with Gasteiger partial charge in [-0.15, -0.1) is 0 Å². The molecule has 0 fully saturated rings. The maximum Gasteiger partial charge on any atom is 0.167 e. The molecule has 0 radical (unpaired) electrons. The summed E-state index contributed by atoms with van der Waals surface area (Å²) in [5, 5.41) is 20.3. The average Bonchev–Trinajstić information content (AvgIpc) is 2.84. The van der Waals surface area contributed by atoms with Crippen LogP contribution in [0.2, 0.25) is 0 Å². The molecule has 0 aromatic heterocycles. The van der Waals surface area contributed by atoms with Crippen molar-refractivity contribution in [1.82, 2.24) is 0 Å². The first-order valence-corrected chi connectivity index (χ1v) is 15.5. The third kappa shape index (κ3) is 11.7. The maximum atomic E-state index is 10.1. The van der Waals surface area contributed by atoms with Crippen molar-refractivity contribution in [3.63, 3.8) is 0 Å². The summed E-state index contributed by atoms with van der Waals surface area (Å²) in [5.41, 5.74) is 10.0. The first kappa shape index (κ1) is 35.3. The van der Waals surface area contributed by atoms with Crippen LogP contribution < -0.4 is 0 Å². The van der Waals surface area contributed by atoms with E-state index in [2.05, 4.69) is 147 Å². The number of hydrogen-bond acceptors (Lipinski definition) is 2. The summed E-state index contributed by atoms with van der Waals surface area (Å²) in [6.45, 7) is 21.6. The van der Waals surface area contributed by atoms with E-state index in [0.29, 0.717) is 12.8 Å². The Morgan fingerprint density at radius 3 is 1.48 bits per heavy atom. The predicted octanol–water partition coefficient (Wildman–Crippen LogP) is 10.9. The Kier molecular flexibility index (Phi) is 13.0. The van der Waals surface area contributed by atoms with E-state index in [1.807, 2.05) is 6.92 Å². The van der Waals surface area contributed by atoms with Gasteiger partial charge in [0.1, 0.15) is 0 Å². The Bertz CT molecular complexity index is 1300. The highest BCUT2D eigenvalue weighted by molar-refractivity contribution is 5.39. The van der Waals surface area contributed by atoms with Crippen LogP contribution in [-0.2, 0) is 0 Å². The molecule has 2 N–H and O–H groups in total. The Morgan fingerprint density at radius 2 is 1.02 bits per heavy atom. The standard InChI is InChI=1S/C40H56O2/c1-30(18-13-20-32(3)23-25-36-34(5)22-15-27-38(36,7)8)16-11-12-17-31(2)19-14-21-33(4)24-26-37-35(6)28-40(41,42)29-39(37,9)10/h11-14,16-21,23-26,41-42H,15,22,27-29H2,1-10H3/b12-11+,18-13+,19-14+,25-23+,26-24+,30-16+,31-17+,32-20+,33-21+. The fourth-order valence-corrected chi connectivity index (χ4v) is 6.11. The van der Waals surface area contributed by atoms with E-state index in [4.69, 9.17) is 0 Å². The number of allylic oxidation sites excluding steroid dienone is 21. The van der Waals surface area contributed by atoms with E-state index < -0.39 is 5.79 Å². The molecule has 0 heterocycles. The first-order chi connectivity index (χ1) is 19.5. The lowest BCUT2D eigenvalue weighted by Gasteiger charge is -2.40. The average molecular weight is 569 g/mol. The maximum absolute atomic E-state index is 10.1. The van der Waals surface area contributed by atoms with Gasteiger partial charge in [0.2, 0.25) is 0 Å².